The van der Waals surface area contributed by atoms with Gasteiger partial charge in [0.05, 0.1) is 12.8 Å². The average molecular weight is 381 g/mol. The van der Waals surface area contributed by atoms with Crippen molar-refractivity contribution in [3.63, 3.8) is 0 Å². The van der Waals surface area contributed by atoms with Crippen molar-refractivity contribution in [2.45, 2.75) is 39.7 Å². The summed E-state index contributed by atoms with van der Waals surface area (Å²) in [6, 6.07) is 4.23. The van der Waals surface area contributed by atoms with Crippen LogP contribution in [-0.4, -0.2) is 58.9 Å². The van der Waals surface area contributed by atoms with E-state index < -0.39 is 0 Å². The highest BCUT2D eigenvalue weighted by Crippen LogP contribution is 2.41. The molecule has 2 aromatic rings. The molecule has 1 aliphatic heterocycles. The minimum Gasteiger partial charge on any atom is -0.343 e. The van der Waals surface area contributed by atoms with Gasteiger partial charge in [-0.05, 0) is 50.1 Å². The van der Waals surface area contributed by atoms with Gasteiger partial charge in [-0.15, -0.1) is 0 Å². The van der Waals surface area contributed by atoms with Gasteiger partial charge in [0.1, 0.15) is 0 Å². The predicted molar refractivity (Wildman–Crippen MR) is 112 cm³/mol. The molecule has 4 rings (SSSR count). The highest BCUT2D eigenvalue weighted by molar-refractivity contribution is 6.03. The van der Waals surface area contributed by atoms with Crippen molar-refractivity contribution in [1.82, 2.24) is 14.4 Å². The molecule has 148 valence electrons. The van der Waals surface area contributed by atoms with Crippen molar-refractivity contribution >= 4 is 28.3 Å². The van der Waals surface area contributed by atoms with Crippen LogP contribution < -0.4 is 0 Å². The Hall–Kier alpha value is -2.40. The third-order valence-corrected chi connectivity index (χ3v) is 6.28. The normalized spacial score (nSPS) is 21.9. The Balaban J connectivity index is 1.88. The molecule has 5 nitrogen and oxygen atoms in total. The van der Waals surface area contributed by atoms with E-state index in [0.29, 0.717) is 32.1 Å². The lowest BCUT2D eigenvalue weighted by molar-refractivity contribution is -0.134. The molecule has 2 heterocycles. The molecule has 2 aliphatic rings. The lowest BCUT2D eigenvalue weighted by Crippen LogP contribution is -2.47. The number of likely N-dealkylation sites (N-methyl/N-ethyl adjacent to an activating group) is 1. The van der Waals surface area contributed by atoms with Gasteiger partial charge in [-0.3, -0.25) is 19.1 Å². The molecular weight excluding hydrogens is 350 g/mol. The summed E-state index contributed by atoms with van der Waals surface area (Å²) in [5.41, 5.74) is 4.09. The molecule has 0 saturated heterocycles. The number of amides is 1. The molecule has 0 unspecified atom stereocenters. The van der Waals surface area contributed by atoms with Crippen molar-refractivity contribution in [1.29, 1.82) is 0 Å². The fourth-order valence-corrected chi connectivity index (χ4v) is 4.78. The van der Waals surface area contributed by atoms with Crippen LogP contribution >= 0.6 is 0 Å². The number of carbonyl (C=O) groups is 2. The Morgan fingerprint density at radius 2 is 2.00 bits per heavy atom. The summed E-state index contributed by atoms with van der Waals surface area (Å²) < 4.78 is 10.0. The second-order valence-electron chi connectivity index (χ2n) is 7.80. The van der Waals surface area contributed by atoms with Crippen molar-refractivity contribution in [2.75, 3.05) is 26.7 Å². The molecule has 0 radical (unpaired) electrons. The minimum atomic E-state index is -0.184. The second-order valence-corrected chi connectivity index (χ2v) is 7.80. The van der Waals surface area contributed by atoms with Crippen LogP contribution in [-0.2, 0) is 11.2 Å². The van der Waals surface area contributed by atoms with E-state index in [1.165, 1.54) is 0 Å². The van der Waals surface area contributed by atoms with Gasteiger partial charge in [0.25, 0.3) is 0 Å². The molecular formula is C23H29N3O2. The van der Waals surface area contributed by atoms with Gasteiger partial charge in [0.2, 0.25) is 11.8 Å². The largest absolute Gasteiger partial charge is 0.343 e. The highest BCUT2D eigenvalue weighted by atomic mass is 16.2. The van der Waals surface area contributed by atoms with Crippen LogP contribution in [0.25, 0.3) is 16.5 Å². The molecule has 0 fully saturated rings. The van der Waals surface area contributed by atoms with Gasteiger partial charge in [-0.1, -0.05) is 25.1 Å². The summed E-state index contributed by atoms with van der Waals surface area (Å²) in [6.07, 6.45) is 5.32. The Bertz CT molecular complexity index is 1020. The standard InChI is InChI=1S/C23H29N3O2/c1-5-21(27)26-14-15-12-20-18(17-9-8-10-19(26)22(15)17)11-16(13-24(20)4)23(28)25(6-2)7-3/h8-11,14,16,20H,5-7,12-13H2,1-4H3/t16-,20-/m1/s1/i8D. The number of carbonyl (C=O) groups excluding carboxylic acids is 2. The molecule has 28 heavy (non-hydrogen) atoms. The van der Waals surface area contributed by atoms with Gasteiger partial charge in [-0.25, -0.2) is 0 Å². The predicted octanol–water partition coefficient (Wildman–Crippen LogP) is 3.43. The van der Waals surface area contributed by atoms with Gasteiger partial charge < -0.3 is 4.90 Å². The van der Waals surface area contributed by atoms with Gasteiger partial charge in [0.15, 0.2) is 0 Å². The van der Waals surface area contributed by atoms with Crippen LogP contribution in [0.4, 0.5) is 0 Å². The van der Waals surface area contributed by atoms with Crippen LogP contribution in [0.3, 0.4) is 0 Å². The van der Waals surface area contributed by atoms with Crippen LogP contribution in [0.1, 0.15) is 44.5 Å². The maximum Gasteiger partial charge on any atom is 0.230 e. The third kappa shape index (κ3) is 2.80. The van der Waals surface area contributed by atoms with E-state index in [2.05, 4.69) is 18.0 Å². The fraction of sp³-hybridized carbons (Fsp3) is 0.478. The summed E-state index contributed by atoms with van der Waals surface area (Å²) in [4.78, 5) is 29.7. The SMILES string of the molecule is [2H]c1cc2c3c(cn(C(=O)CC)c3c1)C[C@@H]1C2=C[C@@H](C(=O)N(CC)CC)CN1C. The Morgan fingerprint density at radius 1 is 1.25 bits per heavy atom. The quantitative estimate of drug-likeness (QED) is 0.816. The Morgan fingerprint density at radius 3 is 2.68 bits per heavy atom. The first-order chi connectivity index (χ1) is 13.9. The first-order valence-electron chi connectivity index (χ1n) is 10.8. The summed E-state index contributed by atoms with van der Waals surface area (Å²) in [6.45, 7) is 7.99. The lowest BCUT2D eigenvalue weighted by atomic mass is 9.79. The van der Waals surface area contributed by atoms with Crippen molar-refractivity contribution < 1.29 is 11.0 Å². The maximum atomic E-state index is 13.0. The maximum absolute atomic E-state index is 13.0. The zero-order valence-corrected chi connectivity index (χ0v) is 17.2. The number of hydrogen-bond donors (Lipinski definition) is 0. The van der Waals surface area contributed by atoms with Gasteiger partial charge >= 0.3 is 0 Å². The van der Waals surface area contributed by atoms with E-state index in [0.717, 1.165) is 34.0 Å². The molecule has 1 aromatic heterocycles. The Labute approximate surface area is 168 Å². The van der Waals surface area contributed by atoms with E-state index in [1.807, 2.05) is 37.9 Å². The van der Waals surface area contributed by atoms with E-state index >= 15 is 0 Å². The number of hydrogen-bond acceptors (Lipinski definition) is 3. The molecule has 1 aliphatic carbocycles. The lowest BCUT2D eigenvalue weighted by Gasteiger charge is -2.40. The van der Waals surface area contributed by atoms with Crippen LogP contribution in [0.15, 0.2) is 30.4 Å². The van der Waals surface area contributed by atoms with Crippen molar-refractivity contribution in [3.8, 4) is 0 Å². The first-order valence-corrected chi connectivity index (χ1v) is 10.3. The summed E-state index contributed by atoms with van der Waals surface area (Å²) in [5, 5.41) is 1.06. The number of rotatable bonds is 4. The van der Waals surface area contributed by atoms with Crippen LogP contribution in [0.5, 0.6) is 0 Å². The smallest absolute Gasteiger partial charge is 0.230 e. The van der Waals surface area contributed by atoms with Crippen LogP contribution in [0.2, 0.25) is 0 Å². The van der Waals surface area contributed by atoms with Crippen molar-refractivity contribution in [2.24, 2.45) is 5.92 Å². The second kappa shape index (κ2) is 7.21. The highest BCUT2D eigenvalue weighted by Gasteiger charge is 2.37. The van der Waals surface area contributed by atoms with Gasteiger partial charge in [-0.2, -0.15) is 0 Å². The summed E-state index contributed by atoms with van der Waals surface area (Å²) in [5.74, 6) is 0.0201. The number of nitrogens with zero attached hydrogens (tertiary/aromatic N) is 3. The molecule has 0 spiro atoms. The minimum absolute atomic E-state index is 0.0413. The van der Waals surface area contributed by atoms with E-state index in [4.69, 9.17) is 1.37 Å². The molecule has 1 aromatic carbocycles. The monoisotopic (exact) mass is 380 g/mol. The number of fused-ring (bicyclic) bond motifs is 2. The molecule has 5 heteroatoms. The molecule has 0 N–H and O–H groups in total. The molecule has 0 saturated carbocycles. The van der Waals surface area contributed by atoms with Crippen LogP contribution in [0, 0.1) is 5.92 Å². The fourth-order valence-electron chi connectivity index (χ4n) is 4.78. The molecule has 1 amide bonds. The Kier molecular flexibility index (Phi) is 4.55. The zero-order valence-electron chi connectivity index (χ0n) is 18.2. The molecule has 2 atom stereocenters. The summed E-state index contributed by atoms with van der Waals surface area (Å²) in [7, 11) is 2.07. The molecule has 0 bridgehead atoms. The van der Waals surface area contributed by atoms with E-state index in [-0.39, 0.29) is 23.8 Å². The zero-order chi connectivity index (χ0) is 20.9. The van der Waals surface area contributed by atoms with Crippen molar-refractivity contribution in [3.05, 3.63) is 41.6 Å². The summed E-state index contributed by atoms with van der Waals surface area (Å²) >= 11 is 0. The van der Waals surface area contributed by atoms with E-state index in [1.54, 1.807) is 10.6 Å². The van der Waals surface area contributed by atoms with E-state index in [9.17, 15) is 9.59 Å². The topological polar surface area (TPSA) is 45.6 Å². The number of aromatic nitrogens is 1. The first kappa shape index (κ1) is 17.7. The number of benzene rings is 1. The van der Waals surface area contributed by atoms with Gasteiger partial charge in [0, 0.05) is 43.7 Å². The third-order valence-electron chi connectivity index (χ3n) is 6.28. The average Bonchev–Trinajstić information content (AvgIpc) is 3.07.